The van der Waals surface area contributed by atoms with Crippen molar-refractivity contribution in [1.82, 2.24) is 10.2 Å². The summed E-state index contributed by atoms with van der Waals surface area (Å²) in [6.45, 7) is 4.10. The highest BCUT2D eigenvalue weighted by molar-refractivity contribution is 8.03. The van der Waals surface area contributed by atoms with E-state index < -0.39 is 0 Å². The fourth-order valence-electron chi connectivity index (χ4n) is 5.39. The summed E-state index contributed by atoms with van der Waals surface area (Å²) in [4.78, 5) is 53.6. The van der Waals surface area contributed by atoms with Crippen molar-refractivity contribution in [1.29, 1.82) is 0 Å². The maximum Gasteiger partial charge on any atom is 0.341 e. The molecule has 15 heteroatoms. The minimum absolute atomic E-state index is 0.101. The van der Waals surface area contributed by atoms with Crippen LogP contribution in [0.5, 0.6) is 0 Å². The van der Waals surface area contributed by atoms with Gasteiger partial charge in [0, 0.05) is 9.75 Å². The van der Waals surface area contributed by atoms with Crippen LogP contribution in [0.1, 0.15) is 94.0 Å². The summed E-state index contributed by atoms with van der Waals surface area (Å²) in [7, 11) is 0. The van der Waals surface area contributed by atoms with Crippen molar-refractivity contribution in [2.45, 2.75) is 86.7 Å². The summed E-state index contributed by atoms with van der Waals surface area (Å²) in [5.74, 6) is -1.05. The number of amides is 2. The molecule has 242 valence electrons. The largest absolute Gasteiger partial charge is 0.462 e. The van der Waals surface area contributed by atoms with E-state index in [0.29, 0.717) is 29.8 Å². The lowest BCUT2D eigenvalue weighted by Gasteiger charge is -2.08. The van der Waals surface area contributed by atoms with Crippen molar-refractivity contribution in [2.24, 2.45) is 0 Å². The number of nitrogens with zero attached hydrogens (tertiary/aromatic N) is 2. The van der Waals surface area contributed by atoms with E-state index in [1.54, 1.807) is 13.8 Å². The van der Waals surface area contributed by atoms with Crippen molar-refractivity contribution in [3.63, 3.8) is 0 Å². The van der Waals surface area contributed by atoms with Crippen molar-refractivity contribution >= 4 is 91.3 Å². The maximum absolute atomic E-state index is 12.9. The van der Waals surface area contributed by atoms with E-state index in [1.165, 1.54) is 57.5 Å². The molecule has 0 aliphatic heterocycles. The predicted octanol–water partition coefficient (Wildman–Crippen LogP) is 7.01. The second-order valence-corrected chi connectivity index (χ2v) is 16.1. The Hall–Kier alpha value is -2.46. The molecule has 2 amide bonds. The van der Waals surface area contributed by atoms with Crippen LogP contribution in [-0.4, -0.2) is 58.7 Å². The Morgan fingerprint density at radius 3 is 1.49 bits per heavy atom. The Balaban J connectivity index is 1.15. The minimum Gasteiger partial charge on any atom is -0.462 e. The molecule has 5 rings (SSSR count). The fraction of sp³-hybridized carbons (Fsp3) is 0.533. The molecule has 2 aliphatic rings. The number of aryl methyl sites for hydroxylation is 2. The molecule has 0 bridgehead atoms. The molecule has 0 atom stereocenters. The number of nitrogens with one attached hydrogen (secondary N) is 2. The molecule has 3 aromatic rings. The Labute approximate surface area is 282 Å². The van der Waals surface area contributed by atoms with E-state index in [1.807, 2.05) is 0 Å². The molecule has 3 aromatic heterocycles. The summed E-state index contributed by atoms with van der Waals surface area (Å²) in [6.07, 6.45) is 9.87. The van der Waals surface area contributed by atoms with Gasteiger partial charge in [0.25, 0.3) is 0 Å². The van der Waals surface area contributed by atoms with Gasteiger partial charge in [0.2, 0.25) is 11.8 Å². The molecule has 3 heterocycles. The van der Waals surface area contributed by atoms with Gasteiger partial charge in [-0.2, -0.15) is 0 Å². The Kier molecular flexibility index (Phi) is 12.3. The fourth-order valence-corrected chi connectivity index (χ4v) is 10.6. The van der Waals surface area contributed by atoms with E-state index in [9.17, 15) is 19.2 Å². The zero-order valence-electron chi connectivity index (χ0n) is 25.3. The molecule has 0 fully saturated rings. The van der Waals surface area contributed by atoms with Crippen molar-refractivity contribution in [3.05, 3.63) is 32.0 Å². The molecule has 0 aromatic carbocycles. The van der Waals surface area contributed by atoms with Gasteiger partial charge in [0.05, 0.1) is 35.8 Å². The predicted molar refractivity (Wildman–Crippen MR) is 182 cm³/mol. The first-order valence-electron chi connectivity index (χ1n) is 15.2. The zero-order valence-corrected chi connectivity index (χ0v) is 29.4. The van der Waals surface area contributed by atoms with Gasteiger partial charge >= 0.3 is 11.9 Å². The standard InChI is InChI=1S/C30H36N4O6S5/c1-3-39-27(37)23-17-11-7-5-9-13-19(17)43-25(23)31-21(35)15-41-29-33-34-30(45-29)42-16-22(36)32-26-24(28(38)40-4-2)18-12-8-6-10-14-20(18)44-26/h3-16H2,1-2H3,(H,31,35)(H,32,36). The number of carbonyl (C=O) groups is 4. The number of hydrogen-bond donors (Lipinski definition) is 2. The van der Waals surface area contributed by atoms with Crippen LogP contribution < -0.4 is 10.6 Å². The van der Waals surface area contributed by atoms with E-state index in [0.717, 1.165) is 85.1 Å². The minimum atomic E-state index is -0.388. The van der Waals surface area contributed by atoms with Crippen LogP contribution >= 0.6 is 57.5 Å². The van der Waals surface area contributed by atoms with Gasteiger partial charge in [0.15, 0.2) is 8.68 Å². The number of thioether (sulfide) groups is 2. The smallest absolute Gasteiger partial charge is 0.341 e. The van der Waals surface area contributed by atoms with Crippen LogP contribution in [0.4, 0.5) is 10.0 Å². The van der Waals surface area contributed by atoms with Gasteiger partial charge in [-0.15, -0.1) is 32.9 Å². The van der Waals surface area contributed by atoms with Gasteiger partial charge in [-0.1, -0.05) is 47.7 Å². The average molecular weight is 709 g/mol. The van der Waals surface area contributed by atoms with Crippen molar-refractivity contribution < 1.29 is 28.7 Å². The first-order valence-corrected chi connectivity index (χ1v) is 19.6. The van der Waals surface area contributed by atoms with Gasteiger partial charge in [0.1, 0.15) is 10.0 Å². The molecule has 2 aliphatic carbocycles. The van der Waals surface area contributed by atoms with Gasteiger partial charge < -0.3 is 20.1 Å². The lowest BCUT2D eigenvalue weighted by molar-refractivity contribution is -0.114. The highest BCUT2D eigenvalue weighted by atomic mass is 32.2. The molecule has 45 heavy (non-hydrogen) atoms. The van der Waals surface area contributed by atoms with Gasteiger partial charge in [-0.25, -0.2) is 9.59 Å². The van der Waals surface area contributed by atoms with E-state index in [4.69, 9.17) is 9.47 Å². The van der Waals surface area contributed by atoms with Crippen LogP contribution in [0.2, 0.25) is 0 Å². The monoisotopic (exact) mass is 708 g/mol. The number of esters is 2. The number of carbonyl (C=O) groups excluding carboxylic acids is 4. The highest BCUT2D eigenvalue weighted by Gasteiger charge is 2.28. The maximum atomic E-state index is 12.9. The summed E-state index contributed by atoms with van der Waals surface area (Å²) >= 11 is 6.76. The van der Waals surface area contributed by atoms with E-state index >= 15 is 0 Å². The molecule has 0 spiro atoms. The lowest BCUT2D eigenvalue weighted by Crippen LogP contribution is -2.16. The van der Waals surface area contributed by atoms with Crippen molar-refractivity contribution in [2.75, 3.05) is 35.4 Å². The first kappa shape index (κ1) is 33.9. The third-order valence-corrected chi connectivity index (χ3v) is 13.0. The van der Waals surface area contributed by atoms with Crippen LogP contribution in [0.3, 0.4) is 0 Å². The number of hydrogen-bond acceptors (Lipinski definition) is 13. The highest BCUT2D eigenvalue weighted by Crippen LogP contribution is 2.40. The molecular formula is C30H36N4O6S5. The summed E-state index contributed by atoms with van der Waals surface area (Å²) in [6, 6.07) is 0. The number of anilines is 2. The zero-order chi connectivity index (χ0) is 31.8. The molecule has 0 radical (unpaired) electrons. The molecule has 0 saturated carbocycles. The number of ether oxygens (including phenoxy) is 2. The Bertz CT molecular complexity index is 1440. The number of rotatable bonds is 12. The number of fused-ring (bicyclic) bond motifs is 2. The quantitative estimate of drug-likeness (QED) is 0.115. The number of aromatic nitrogens is 2. The second-order valence-electron chi connectivity index (χ2n) is 10.5. The summed E-state index contributed by atoms with van der Waals surface area (Å²) in [5, 5.41) is 15.3. The third-order valence-electron chi connectivity index (χ3n) is 7.35. The normalized spacial score (nSPS) is 14.4. The van der Waals surface area contributed by atoms with Crippen LogP contribution in [0.25, 0.3) is 0 Å². The van der Waals surface area contributed by atoms with E-state index in [-0.39, 0.29) is 48.5 Å². The SMILES string of the molecule is CCOC(=O)c1c(NC(=O)CSc2nnc(SCC(=O)Nc3sc4c(c3C(=O)OCC)CCCCC4)s2)sc2c1CCCCC2. The summed E-state index contributed by atoms with van der Waals surface area (Å²) < 4.78 is 11.8. The molecular weight excluding hydrogens is 673 g/mol. The van der Waals surface area contributed by atoms with Crippen molar-refractivity contribution in [3.8, 4) is 0 Å². The first-order chi connectivity index (χ1) is 21.9. The molecule has 0 unspecified atom stereocenters. The van der Waals surface area contributed by atoms with Gasteiger partial charge in [-0.05, 0) is 76.3 Å². The average Bonchev–Trinajstić information content (AvgIpc) is 3.59. The van der Waals surface area contributed by atoms with Crippen LogP contribution in [0.15, 0.2) is 8.68 Å². The van der Waals surface area contributed by atoms with Crippen LogP contribution in [0, 0.1) is 0 Å². The Morgan fingerprint density at radius 2 is 1.07 bits per heavy atom. The number of thiophene rings is 2. The molecule has 2 N–H and O–H groups in total. The molecule has 10 nitrogen and oxygen atoms in total. The van der Waals surface area contributed by atoms with E-state index in [2.05, 4.69) is 20.8 Å². The topological polar surface area (TPSA) is 137 Å². The van der Waals surface area contributed by atoms with Crippen LogP contribution in [-0.2, 0) is 44.7 Å². The lowest BCUT2D eigenvalue weighted by atomic mass is 10.1. The van der Waals surface area contributed by atoms with Gasteiger partial charge in [-0.3, -0.25) is 9.59 Å². The summed E-state index contributed by atoms with van der Waals surface area (Å²) in [5.41, 5.74) is 3.02. The second kappa shape index (κ2) is 16.4. The molecule has 0 saturated heterocycles. The third kappa shape index (κ3) is 8.67. The Morgan fingerprint density at radius 1 is 0.644 bits per heavy atom.